The summed E-state index contributed by atoms with van der Waals surface area (Å²) in [5, 5.41) is 2.75. The largest absolute Gasteiger partial charge is 0.399 e. The lowest BCUT2D eigenvalue weighted by Crippen LogP contribution is -2.21. The van der Waals surface area contributed by atoms with Crippen molar-refractivity contribution in [1.82, 2.24) is 5.32 Å². The van der Waals surface area contributed by atoms with E-state index in [4.69, 9.17) is 5.73 Å². The van der Waals surface area contributed by atoms with Crippen LogP contribution in [0.5, 0.6) is 0 Å². The Balaban J connectivity index is 2.36. The van der Waals surface area contributed by atoms with Crippen LogP contribution in [0.3, 0.4) is 0 Å². The maximum absolute atomic E-state index is 13.5. The van der Waals surface area contributed by atoms with E-state index in [0.29, 0.717) is 17.7 Å². The van der Waals surface area contributed by atoms with Crippen LogP contribution in [-0.2, 0) is 4.79 Å². The van der Waals surface area contributed by atoms with Crippen LogP contribution in [0, 0.1) is 11.7 Å². The van der Waals surface area contributed by atoms with Crippen molar-refractivity contribution in [3.8, 4) is 0 Å². The Kier molecular flexibility index (Phi) is 2.34. The van der Waals surface area contributed by atoms with E-state index in [2.05, 4.69) is 5.32 Å². The van der Waals surface area contributed by atoms with Crippen LogP contribution in [0.1, 0.15) is 24.9 Å². The quantitative estimate of drug-likeness (QED) is 0.689. The van der Waals surface area contributed by atoms with Crippen molar-refractivity contribution in [3.05, 3.63) is 29.6 Å². The number of carbonyl (C=O) groups excluding carboxylic acids is 1. The summed E-state index contributed by atoms with van der Waals surface area (Å²) in [5.74, 6) is -0.244. The van der Waals surface area contributed by atoms with Crippen LogP contribution in [0.4, 0.5) is 10.1 Å². The average molecular weight is 208 g/mol. The van der Waals surface area contributed by atoms with Gasteiger partial charge >= 0.3 is 0 Å². The molecule has 4 heteroatoms. The smallest absolute Gasteiger partial charge is 0.220 e. The first kappa shape index (κ1) is 9.96. The molecule has 3 N–H and O–H groups in total. The van der Waals surface area contributed by atoms with Gasteiger partial charge in [-0.15, -0.1) is 0 Å². The van der Waals surface area contributed by atoms with Crippen molar-refractivity contribution in [2.45, 2.75) is 19.4 Å². The summed E-state index contributed by atoms with van der Waals surface area (Å²) >= 11 is 0. The van der Waals surface area contributed by atoms with E-state index in [-0.39, 0.29) is 23.7 Å². The lowest BCUT2D eigenvalue weighted by Gasteiger charge is -2.16. The molecule has 1 aliphatic rings. The van der Waals surface area contributed by atoms with Gasteiger partial charge in [0.1, 0.15) is 5.82 Å². The summed E-state index contributed by atoms with van der Waals surface area (Å²) in [6, 6.07) is 4.19. The van der Waals surface area contributed by atoms with Crippen molar-refractivity contribution in [2.24, 2.45) is 5.92 Å². The summed E-state index contributed by atoms with van der Waals surface area (Å²) in [5.41, 5.74) is 6.59. The van der Waals surface area contributed by atoms with Gasteiger partial charge in [-0.2, -0.15) is 0 Å². The lowest BCUT2D eigenvalue weighted by atomic mass is 9.95. The topological polar surface area (TPSA) is 55.1 Å². The molecule has 1 aromatic carbocycles. The van der Waals surface area contributed by atoms with Crippen LogP contribution >= 0.6 is 0 Å². The van der Waals surface area contributed by atoms with E-state index >= 15 is 0 Å². The van der Waals surface area contributed by atoms with Crippen molar-refractivity contribution >= 4 is 11.6 Å². The van der Waals surface area contributed by atoms with Crippen LogP contribution in [-0.4, -0.2) is 5.91 Å². The van der Waals surface area contributed by atoms with Gasteiger partial charge in [-0.1, -0.05) is 6.92 Å². The molecule has 80 valence electrons. The zero-order valence-corrected chi connectivity index (χ0v) is 8.46. The molecule has 15 heavy (non-hydrogen) atoms. The predicted molar refractivity (Wildman–Crippen MR) is 55.5 cm³/mol. The number of amides is 1. The van der Waals surface area contributed by atoms with Gasteiger partial charge in [0.15, 0.2) is 0 Å². The highest BCUT2D eigenvalue weighted by Crippen LogP contribution is 2.32. The minimum absolute atomic E-state index is 0.0330. The van der Waals surface area contributed by atoms with Crippen LogP contribution in [0.25, 0.3) is 0 Å². The Labute approximate surface area is 87.5 Å². The normalized spacial score (nSPS) is 25.3. The van der Waals surface area contributed by atoms with Gasteiger partial charge in [-0.05, 0) is 24.1 Å². The van der Waals surface area contributed by atoms with Crippen molar-refractivity contribution in [3.63, 3.8) is 0 Å². The van der Waals surface area contributed by atoms with E-state index in [1.54, 1.807) is 6.07 Å². The van der Waals surface area contributed by atoms with Crippen LogP contribution < -0.4 is 11.1 Å². The van der Waals surface area contributed by atoms with E-state index < -0.39 is 0 Å². The number of nitrogens with two attached hydrogens (primary N) is 1. The number of benzene rings is 1. The van der Waals surface area contributed by atoms with Gasteiger partial charge < -0.3 is 11.1 Å². The fourth-order valence-corrected chi connectivity index (χ4v) is 1.97. The van der Waals surface area contributed by atoms with Gasteiger partial charge in [-0.25, -0.2) is 4.39 Å². The second-order valence-corrected chi connectivity index (χ2v) is 4.01. The van der Waals surface area contributed by atoms with E-state index in [1.807, 2.05) is 6.92 Å². The number of hydrogen-bond acceptors (Lipinski definition) is 2. The van der Waals surface area contributed by atoms with Crippen molar-refractivity contribution < 1.29 is 9.18 Å². The molecule has 0 aromatic heterocycles. The highest BCUT2D eigenvalue weighted by molar-refractivity contribution is 5.79. The minimum Gasteiger partial charge on any atom is -0.399 e. The molecule has 0 spiro atoms. The summed E-state index contributed by atoms with van der Waals surface area (Å²) in [7, 11) is 0. The number of halogens is 1. The maximum atomic E-state index is 13.5. The fourth-order valence-electron chi connectivity index (χ4n) is 1.97. The SMILES string of the molecule is CC1CC(=O)NC1c1cc(N)ccc1F. The molecule has 1 aromatic rings. The molecule has 1 amide bonds. The summed E-state index contributed by atoms with van der Waals surface area (Å²) in [6.45, 7) is 1.92. The Bertz CT molecular complexity index is 406. The van der Waals surface area contributed by atoms with Gasteiger partial charge in [0.2, 0.25) is 5.91 Å². The molecule has 0 saturated carbocycles. The number of carbonyl (C=O) groups is 1. The number of anilines is 1. The third-order valence-electron chi connectivity index (χ3n) is 2.75. The summed E-state index contributed by atoms with van der Waals surface area (Å²) in [4.78, 5) is 11.2. The van der Waals surface area contributed by atoms with Crippen molar-refractivity contribution in [2.75, 3.05) is 5.73 Å². The van der Waals surface area contributed by atoms with Gasteiger partial charge in [0.05, 0.1) is 6.04 Å². The third-order valence-corrected chi connectivity index (χ3v) is 2.75. The third kappa shape index (κ3) is 1.79. The molecule has 0 bridgehead atoms. The highest BCUT2D eigenvalue weighted by atomic mass is 19.1. The molecule has 2 atom stereocenters. The molecule has 1 fully saturated rings. The van der Waals surface area contributed by atoms with E-state index in [9.17, 15) is 9.18 Å². The first-order valence-electron chi connectivity index (χ1n) is 4.92. The predicted octanol–water partition coefficient (Wildman–Crippen LogP) is 1.60. The molecule has 3 nitrogen and oxygen atoms in total. The number of rotatable bonds is 1. The summed E-state index contributed by atoms with van der Waals surface area (Å²) < 4.78 is 13.5. The van der Waals surface area contributed by atoms with Crippen LogP contribution in [0.15, 0.2) is 18.2 Å². The van der Waals surface area contributed by atoms with Crippen LogP contribution in [0.2, 0.25) is 0 Å². The first-order chi connectivity index (χ1) is 7.08. The molecule has 2 rings (SSSR count). The minimum atomic E-state index is -0.316. The Morgan fingerprint density at radius 2 is 2.27 bits per heavy atom. The standard InChI is InChI=1S/C11H13FN2O/c1-6-4-10(15)14-11(6)8-5-7(13)2-3-9(8)12/h2-3,5-6,11H,4,13H2,1H3,(H,14,15). The zero-order valence-electron chi connectivity index (χ0n) is 8.46. The molecular weight excluding hydrogens is 195 g/mol. The lowest BCUT2D eigenvalue weighted by molar-refractivity contribution is -0.119. The highest BCUT2D eigenvalue weighted by Gasteiger charge is 2.31. The first-order valence-corrected chi connectivity index (χ1v) is 4.92. The van der Waals surface area contributed by atoms with E-state index in [0.717, 1.165) is 0 Å². The monoisotopic (exact) mass is 208 g/mol. The zero-order chi connectivity index (χ0) is 11.0. The molecule has 2 unspecified atom stereocenters. The molecule has 0 radical (unpaired) electrons. The second kappa shape index (κ2) is 3.53. The fraction of sp³-hybridized carbons (Fsp3) is 0.364. The average Bonchev–Trinajstić information content (AvgIpc) is 2.50. The van der Waals surface area contributed by atoms with E-state index in [1.165, 1.54) is 12.1 Å². The molecule has 0 aliphatic carbocycles. The molecule has 1 aliphatic heterocycles. The maximum Gasteiger partial charge on any atom is 0.220 e. The molecule has 1 heterocycles. The van der Waals surface area contributed by atoms with Crippen molar-refractivity contribution in [1.29, 1.82) is 0 Å². The number of nitrogens with one attached hydrogen (secondary N) is 1. The Morgan fingerprint density at radius 3 is 2.87 bits per heavy atom. The number of hydrogen-bond donors (Lipinski definition) is 2. The number of nitrogen functional groups attached to an aromatic ring is 1. The molecular formula is C11H13FN2O. The summed E-state index contributed by atoms with van der Waals surface area (Å²) in [6.07, 6.45) is 0.443. The van der Waals surface area contributed by atoms with Gasteiger partial charge in [0, 0.05) is 17.7 Å². The molecule has 1 saturated heterocycles. The Morgan fingerprint density at radius 1 is 1.53 bits per heavy atom. The Hall–Kier alpha value is -1.58. The van der Waals surface area contributed by atoms with Gasteiger partial charge in [0.25, 0.3) is 0 Å². The van der Waals surface area contributed by atoms with Gasteiger partial charge in [-0.3, -0.25) is 4.79 Å². The second-order valence-electron chi connectivity index (χ2n) is 4.01.